The molecule has 0 radical (unpaired) electrons. The Morgan fingerprint density at radius 1 is 1.16 bits per heavy atom. The Morgan fingerprint density at radius 3 is 2.44 bits per heavy atom. The predicted octanol–water partition coefficient (Wildman–Crippen LogP) is 5.47. The Bertz CT molecular complexity index is 703. The molecule has 4 heteroatoms. The summed E-state index contributed by atoms with van der Waals surface area (Å²) in [5, 5.41) is 30.9. The van der Waals surface area contributed by atoms with Crippen LogP contribution in [0.4, 0.5) is 0 Å². The van der Waals surface area contributed by atoms with Crippen LogP contribution in [0.5, 0.6) is 0 Å². The molecule has 3 rings (SSSR count). The van der Waals surface area contributed by atoms with Crippen molar-refractivity contribution in [2.24, 2.45) is 17.3 Å². The van der Waals surface area contributed by atoms with Gasteiger partial charge in [-0.1, -0.05) is 50.6 Å². The van der Waals surface area contributed by atoms with E-state index in [0.29, 0.717) is 43.3 Å². The third-order valence-electron chi connectivity index (χ3n) is 9.17. The van der Waals surface area contributed by atoms with E-state index in [2.05, 4.69) is 32.6 Å². The van der Waals surface area contributed by atoms with Gasteiger partial charge in [-0.15, -0.1) is 0 Å². The zero-order chi connectivity index (χ0) is 23.5. The van der Waals surface area contributed by atoms with Gasteiger partial charge in [-0.25, -0.2) is 0 Å². The number of hydrogen-bond donors (Lipinski definition) is 3. The quantitative estimate of drug-likeness (QED) is 0.432. The average Bonchev–Trinajstić information content (AvgIpc) is 3.13. The molecule has 6 atom stereocenters. The minimum absolute atomic E-state index is 0.204. The first-order valence-corrected chi connectivity index (χ1v) is 12.9. The lowest BCUT2D eigenvalue weighted by Gasteiger charge is -2.44. The molecule has 3 N–H and O–H groups in total. The van der Waals surface area contributed by atoms with E-state index < -0.39 is 17.8 Å². The molecule has 0 saturated heterocycles. The summed E-state index contributed by atoms with van der Waals surface area (Å²) >= 11 is 0. The summed E-state index contributed by atoms with van der Waals surface area (Å²) in [5.74, 6) is 1.13. The molecule has 0 spiro atoms. The summed E-state index contributed by atoms with van der Waals surface area (Å²) < 4.78 is 6.31. The van der Waals surface area contributed by atoms with E-state index >= 15 is 0 Å². The number of hydrogen-bond acceptors (Lipinski definition) is 4. The molecule has 32 heavy (non-hydrogen) atoms. The van der Waals surface area contributed by atoms with Crippen molar-refractivity contribution >= 4 is 0 Å². The molecule has 0 aromatic rings. The molecule has 3 aliphatic carbocycles. The van der Waals surface area contributed by atoms with Gasteiger partial charge >= 0.3 is 0 Å². The van der Waals surface area contributed by atoms with Crippen LogP contribution in [0.3, 0.4) is 0 Å². The second kappa shape index (κ2) is 10.5. The van der Waals surface area contributed by atoms with Crippen LogP contribution in [0.25, 0.3) is 0 Å². The second-order valence-corrected chi connectivity index (χ2v) is 10.9. The predicted molar refractivity (Wildman–Crippen MR) is 130 cm³/mol. The van der Waals surface area contributed by atoms with Crippen molar-refractivity contribution in [2.75, 3.05) is 6.61 Å². The number of rotatable bonds is 8. The van der Waals surface area contributed by atoms with Gasteiger partial charge in [-0.3, -0.25) is 0 Å². The molecule has 6 unspecified atom stereocenters. The van der Waals surface area contributed by atoms with Gasteiger partial charge in [0.05, 0.1) is 23.9 Å². The Kier molecular flexibility index (Phi) is 8.46. The number of aliphatic hydroxyl groups excluding tert-OH is 2. The Balaban J connectivity index is 1.65. The van der Waals surface area contributed by atoms with E-state index in [1.54, 1.807) is 0 Å². The molecule has 3 saturated carbocycles. The first-order valence-electron chi connectivity index (χ1n) is 12.9. The van der Waals surface area contributed by atoms with Gasteiger partial charge in [0.15, 0.2) is 0 Å². The van der Waals surface area contributed by atoms with Gasteiger partial charge in [0.25, 0.3) is 0 Å². The lowest BCUT2D eigenvalue weighted by atomic mass is 9.62. The van der Waals surface area contributed by atoms with E-state index in [4.69, 9.17) is 4.74 Å². The van der Waals surface area contributed by atoms with Crippen LogP contribution in [0, 0.1) is 17.3 Å². The van der Waals surface area contributed by atoms with Crippen molar-refractivity contribution in [1.82, 2.24) is 0 Å². The Labute approximate surface area is 195 Å². The van der Waals surface area contributed by atoms with Crippen LogP contribution in [-0.4, -0.2) is 45.8 Å². The second-order valence-electron chi connectivity index (χ2n) is 10.9. The van der Waals surface area contributed by atoms with Crippen LogP contribution >= 0.6 is 0 Å². The van der Waals surface area contributed by atoms with E-state index in [-0.39, 0.29) is 11.5 Å². The summed E-state index contributed by atoms with van der Waals surface area (Å²) in [5.41, 5.74) is 2.85. The van der Waals surface area contributed by atoms with Crippen molar-refractivity contribution in [3.05, 3.63) is 35.5 Å². The monoisotopic (exact) mass is 446 g/mol. The summed E-state index contributed by atoms with van der Waals surface area (Å²) in [6.07, 6.45) is 12.8. The third kappa shape index (κ3) is 5.41. The van der Waals surface area contributed by atoms with Gasteiger partial charge in [0.1, 0.15) is 0 Å². The van der Waals surface area contributed by atoms with Crippen LogP contribution in [0.2, 0.25) is 0 Å². The summed E-state index contributed by atoms with van der Waals surface area (Å²) in [6.45, 7) is 13.2. The van der Waals surface area contributed by atoms with Crippen LogP contribution in [-0.2, 0) is 4.74 Å². The maximum absolute atomic E-state index is 10.6. The maximum atomic E-state index is 10.6. The third-order valence-corrected chi connectivity index (χ3v) is 9.17. The fraction of sp³-hybridized carbons (Fsp3) is 0.786. The van der Waals surface area contributed by atoms with Crippen molar-refractivity contribution in [3.63, 3.8) is 0 Å². The summed E-state index contributed by atoms with van der Waals surface area (Å²) in [6, 6.07) is 0. The molecule has 182 valence electrons. The lowest BCUT2D eigenvalue weighted by molar-refractivity contribution is -0.0559. The first kappa shape index (κ1) is 25.7. The van der Waals surface area contributed by atoms with E-state index in [1.807, 2.05) is 13.8 Å². The zero-order valence-electron chi connectivity index (χ0n) is 20.8. The smallest absolute Gasteiger partial charge is 0.0809 e. The van der Waals surface area contributed by atoms with E-state index in [1.165, 1.54) is 31.3 Å². The Hall–Kier alpha value is -0.940. The maximum Gasteiger partial charge on any atom is 0.0809 e. The van der Waals surface area contributed by atoms with E-state index in [0.717, 1.165) is 24.8 Å². The van der Waals surface area contributed by atoms with Gasteiger partial charge in [0, 0.05) is 6.61 Å². The van der Waals surface area contributed by atoms with Gasteiger partial charge < -0.3 is 20.1 Å². The van der Waals surface area contributed by atoms with Gasteiger partial charge in [-0.2, -0.15) is 0 Å². The molecule has 3 fully saturated rings. The first-order chi connectivity index (χ1) is 15.1. The molecular weight excluding hydrogens is 400 g/mol. The van der Waals surface area contributed by atoms with Crippen molar-refractivity contribution in [2.45, 2.75) is 116 Å². The molecule has 0 heterocycles. The van der Waals surface area contributed by atoms with Crippen LogP contribution in [0.1, 0.15) is 91.9 Å². The van der Waals surface area contributed by atoms with E-state index in [9.17, 15) is 15.3 Å². The molecule has 0 aliphatic heterocycles. The van der Waals surface area contributed by atoms with Crippen molar-refractivity contribution in [3.8, 4) is 0 Å². The molecule has 0 bridgehead atoms. The number of fused-ring (bicyclic) bond motifs is 1. The molecule has 4 nitrogen and oxygen atoms in total. The fourth-order valence-corrected chi connectivity index (χ4v) is 6.63. The highest BCUT2D eigenvalue weighted by atomic mass is 16.5. The Morgan fingerprint density at radius 2 is 1.81 bits per heavy atom. The molecule has 0 aromatic carbocycles. The van der Waals surface area contributed by atoms with Crippen LogP contribution in [0.15, 0.2) is 35.5 Å². The normalized spacial score (nSPS) is 35.8. The minimum Gasteiger partial charge on any atom is -0.390 e. The van der Waals surface area contributed by atoms with Crippen molar-refractivity contribution < 1.29 is 20.1 Å². The molecule has 0 amide bonds. The lowest BCUT2D eigenvalue weighted by Crippen LogP contribution is -2.39. The number of allylic oxidation sites excluding steroid dienone is 3. The van der Waals surface area contributed by atoms with Crippen LogP contribution < -0.4 is 0 Å². The molecule has 3 aliphatic rings. The highest BCUT2D eigenvalue weighted by Gasteiger charge is 2.51. The molecule has 0 aromatic heterocycles. The topological polar surface area (TPSA) is 69.9 Å². The largest absolute Gasteiger partial charge is 0.390 e. The number of aliphatic hydroxyl groups is 3. The van der Waals surface area contributed by atoms with Gasteiger partial charge in [-0.05, 0) is 94.0 Å². The number of ether oxygens (including phenoxy) is 1. The highest BCUT2D eigenvalue weighted by molar-refractivity contribution is 5.29. The highest BCUT2D eigenvalue weighted by Crippen LogP contribution is 2.58. The van der Waals surface area contributed by atoms with Crippen molar-refractivity contribution in [1.29, 1.82) is 0 Å². The summed E-state index contributed by atoms with van der Waals surface area (Å²) in [4.78, 5) is 0. The summed E-state index contributed by atoms with van der Waals surface area (Å²) in [7, 11) is 0. The minimum atomic E-state index is -0.632. The SMILES string of the molecule is C=C1C(O)CC(=CC=C2CCCC3(C)C2CCC3C(C)OCCC(O)(CC)CC)CC1O. The average molecular weight is 447 g/mol. The molecular formula is C28H46O4. The fourth-order valence-electron chi connectivity index (χ4n) is 6.63. The zero-order valence-corrected chi connectivity index (χ0v) is 20.8. The van der Waals surface area contributed by atoms with Gasteiger partial charge in [0.2, 0.25) is 0 Å². The standard InChI is InChI=1S/C28H46O4/c1-6-28(31,7-2)15-16-32-20(4)23-12-13-24-22(9-8-14-27(23,24)5)11-10-21-17-25(29)19(3)26(30)18-21/h10-11,20,23-26,29-31H,3,6-9,12-18H2,1-2,4-5H3.